The van der Waals surface area contributed by atoms with E-state index in [1.54, 1.807) is 30.6 Å². The molecule has 1 heterocycles. The number of rotatable bonds is 3. The molecule has 1 saturated carbocycles. The van der Waals surface area contributed by atoms with E-state index < -0.39 is 11.4 Å². The number of nitrogens with zero attached hydrogens (tertiary/aromatic N) is 3. The third-order valence-electron chi connectivity index (χ3n) is 3.51. The molecule has 0 radical (unpaired) electrons. The lowest BCUT2D eigenvalue weighted by molar-refractivity contribution is 0.0834. The Bertz CT molecular complexity index is 732. The topological polar surface area (TPSA) is 72.8 Å². The van der Waals surface area contributed by atoms with Crippen LogP contribution in [0, 0.1) is 11.3 Å². The summed E-state index contributed by atoms with van der Waals surface area (Å²) in [4.78, 5) is 12.5. The van der Waals surface area contributed by atoms with Gasteiger partial charge in [0.1, 0.15) is 5.54 Å². The molecule has 0 unspecified atom stereocenters. The molecule has 0 aliphatic heterocycles. The molecular formula is C14H10Cl2N4O. The van der Waals surface area contributed by atoms with Gasteiger partial charge in [-0.1, -0.05) is 17.7 Å². The summed E-state index contributed by atoms with van der Waals surface area (Å²) in [6, 6.07) is 7.15. The maximum atomic E-state index is 12.5. The first kappa shape index (κ1) is 13.9. The van der Waals surface area contributed by atoms with Crippen LogP contribution < -0.4 is 0 Å². The lowest BCUT2D eigenvalue weighted by Gasteiger charge is -2.19. The van der Waals surface area contributed by atoms with Gasteiger partial charge in [-0.2, -0.15) is 10.4 Å². The number of carbonyl (C=O) groups is 1. The molecule has 1 amide bonds. The number of aromatic nitrogens is 2. The van der Waals surface area contributed by atoms with Gasteiger partial charge in [0, 0.05) is 23.5 Å². The van der Waals surface area contributed by atoms with Crippen molar-refractivity contribution in [1.29, 1.82) is 5.26 Å². The molecule has 3 rings (SSSR count). The van der Waals surface area contributed by atoms with E-state index in [0.717, 1.165) is 15.5 Å². The SMILES string of the molecule is N#CC1(N(Cl)C(=O)c2cc(-c3cn[nH]c3)ccc2Cl)CC1. The van der Waals surface area contributed by atoms with Crippen molar-refractivity contribution in [3.05, 3.63) is 41.2 Å². The Morgan fingerprint density at radius 1 is 1.43 bits per heavy atom. The van der Waals surface area contributed by atoms with Gasteiger partial charge in [-0.15, -0.1) is 0 Å². The van der Waals surface area contributed by atoms with Gasteiger partial charge >= 0.3 is 0 Å². The molecule has 7 heteroatoms. The predicted octanol–water partition coefficient (Wildman–Crippen LogP) is 3.38. The second-order valence-electron chi connectivity index (χ2n) is 4.91. The van der Waals surface area contributed by atoms with Gasteiger partial charge in [0.2, 0.25) is 0 Å². The van der Waals surface area contributed by atoms with Gasteiger partial charge in [-0.3, -0.25) is 9.89 Å². The summed E-state index contributed by atoms with van der Waals surface area (Å²) in [5, 5.41) is 16.0. The molecule has 0 bridgehead atoms. The molecule has 0 spiro atoms. The Morgan fingerprint density at radius 2 is 2.19 bits per heavy atom. The molecule has 2 aromatic rings. The lowest BCUT2D eigenvalue weighted by Crippen LogP contribution is -2.33. The zero-order chi connectivity index (χ0) is 15.0. The summed E-state index contributed by atoms with van der Waals surface area (Å²) in [5.41, 5.74) is 1.01. The van der Waals surface area contributed by atoms with Crippen molar-refractivity contribution in [3.63, 3.8) is 0 Å². The van der Waals surface area contributed by atoms with Crippen LogP contribution in [0.3, 0.4) is 0 Å². The number of H-pyrrole nitrogens is 1. The standard InChI is InChI=1S/C14H10Cl2N4O/c15-12-2-1-9(10-6-18-19-7-10)5-11(12)13(21)20(16)14(8-17)3-4-14/h1-2,5-7H,3-4H2,(H,18,19). The Kier molecular flexibility index (Phi) is 3.36. The van der Waals surface area contributed by atoms with Crippen LogP contribution in [0.1, 0.15) is 23.2 Å². The first-order chi connectivity index (χ1) is 10.1. The molecule has 1 fully saturated rings. The van der Waals surface area contributed by atoms with Crippen molar-refractivity contribution in [2.75, 3.05) is 0 Å². The fourth-order valence-electron chi connectivity index (χ4n) is 2.05. The maximum Gasteiger partial charge on any atom is 0.271 e. The van der Waals surface area contributed by atoms with Crippen molar-refractivity contribution in [2.24, 2.45) is 0 Å². The van der Waals surface area contributed by atoms with E-state index in [1.807, 2.05) is 0 Å². The molecule has 1 aliphatic carbocycles. The molecule has 1 N–H and O–H groups in total. The smallest absolute Gasteiger partial charge is 0.271 e. The molecule has 106 valence electrons. The van der Waals surface area contributed by atoms with Gasteiger partial charge in [0.05, 0.1) is 22.9 Å². The third-order valence-corrected chi connectivity index (χ3v) is 4.32. The Balaban J connectivity index is 1.97. The predicted molar refractivity (Wildman–Crippen MR) is 78.6 cm³/mol. The minimum absolute atomic E-state index is 0.270. The largest absolute Gasteiger partial charge is 0.285 e. The highest BCUT2D eigenvalue weighted by molar-refractivity contribution is 6.35. The fourth-order valence-corrected chi connectivity index (χ4v) is 2.54. The lowest BCUT2D eigenvalue weighted by atomic mass is 10.1. The quantitative estimate of drug-likeness (QED) is 0.881. The molecule has 0 saturated heterocycles. The van der Waals surface area contributed by atoms with Gasteiger partial charge in [-0.25, -0.2) is 4.42 Å². The number of carbonyl (C=O) groups excluding carboxylic acids is 1. The number of benzene rings is 1. The van der Waals surface area contributed by atoms with Crippen LogP contribution in [0.2, 0.25) is 5.02 Å². The highest BCUT2D eigenvalue weighted by Gasteiger charge is 2.51. The van der Waals surface area contributed by atoms with E-state index in [2.05, 4.69) is 16.3 Å². The summed E-state index contributed by atoms with van der Waals surface area (Å²) in [5.74, 6) is -0.467. The molecular weight excluding hydrogens is 311 g/mol. The van der Waals surface area contributed by atoms with Crippen LogP contribution >= 0.6 is 23.4 Å². The van der Waals surface area contributed by atoms with Crippen LogP contribution in [-0.2, 0) is 0 Å². The number of amides is 1. The third kappa shape index (κ3) is 2.37. The number of aromatic amines is 1. The van der Waals surface area contributed by atoms with Crippen LogP contribution in [0.4, 0.5) is 0 Å². The van der Waals surface area contributed by atoms with Gasteiger partial charge in [-0.05, 0) is 30.5 Å². The van der Waals surface area contributed by atoms with Gasteiger partial charge in [0.15, 0.2) is 0 Å². The monoisotopic (exact) mass is 320 g/mol. The van der Waals surface area contributed by atoms with Crippen molar-refractivity contribution >= 4 is 29.3 Å². The summed E-state index contributed by atoms with van der Waals surface area (Å²) in [7, 11) is 0. The number of hydrogen-bond donors (Lipinski definition) is 1. The van der Waals surface area contributed by atoms with E-state index in [-0.39, 0.29) is 5.56 Å². The maximum absolute atomic E-state index is 12.5. The van der Waals surface area contributed by atoms with Crippen molar-refractivity contribution in [2.45, 2.75) is 18.4 Å². The van der Waals surface area contributed by atoms with E-state index in [4.69, 9.17) is 28.6 Å². The first-order valence-corrected chi connectivity index (χ1v) is 6.99. The minimum atomic E-state index is -0.895. The summed E-state index contributed by atoms with van der Waals surface area (Å²) < 4.78 is 0.966. The molecule has 5 nitrogen and oxygen atoms in total. The molecule has 1 aromatic carbocycles. The zero-order valence-electron chi connectivity index (χ0n) is 10.8. The second kappa shape index (κ2) is 5.06. The van der Waals surface area contributed by atoms with Crippen molar-refractivity contribution in [3.8, 4) is 17.2 Å². The van der Waals surface area contributed by atoms with E-state index >= 15 is 0 Å². The van der Waals surface area contributed by atoms with Gasteiger partial charge in [0.25, 0.3) is 5.91 Å². The molecule has 0 atom stereocenters. The fraction of sp³-hybridized carbons (Fsp3) is 0.214. The van der Waals surface area contributed by atoms with Gasteiger partial charge < -0.3 is 0 Å². The van der Waals surface area contributed by atoms with Crippen molar-refractivity contribution in [1.82, 2.24) is 14.6 Å². The first-order valence-electron chi connectivity index (χ1n) is 6.28. The van der Waals surface area contributed by atoms with E-state index in [1.165, 1.54) is 0 Å². The van der Waals surface area contributed by atoms with Crippen LogP contribution in [0.5, 0.6) is 0 Å². The van der Waals surface area contributed by atoms with Crippen LogP contribution in [-0.4, -0.2) is 26.1 Å². The summed E-state index contributed by atoms with van der Waals surface area (Å²) in [6.07, 6.45) is 4.52. The minimum Gasteiger partial charge on any atom is -0.285 e. The van der Waals surface area contributed by atoms with Crippen LogP contribution in [0.25, 0.3) is 11.1 Å². The summed E-state index contributed by atoms with van der Waals surface area (Å²) in [6.45, 7) is 0. The molecule has 1 aromatic heterocycles. The average molecular weight is 321 g/mol. The number of halogens is 2. The van der Waals surface area contributed by atoms with E-state index in [9.17, 15) is 4.79 Å². The highest BCUT2D eigenvalue weighted by atomic mass is 35.5. The van der Waals surface area contributed by atoms with Crippen molar-refractivity contribution < 1.29 is 4.79 Å². The van der Waals surface area contributed by atoms with E-state index in [0.29, 0.717) is 17.9 Å². The number of nitrogens with one attached hydrogen (secondary N) is 1. The Hall–Kier alpha value is -2.03. The summed E-state index contributed by atoms with van der Waals surface area (Å²) >= 11 is 12.2. The normalized spacial score (nSPS) is 15.3. The average Bonchev–Trinajstić information content (AvgIpc) is 3.12. The zero-order valence-corrected chi connectivity index (χ0v) is 12.3. The Morgan fingerprint density at radius 3 is 2.76 bits per heavy atom. The number of hydrogen-bond acceptors (Lipinski definition) is 3. The molecule has 1 aliphatic rings. The van der Waals surface area contributed by atoms with Crippen LogP contribution in [0.15, 0.2) is 30.6 Å². The molecule has 21 heavy (non-hydrogen) atoms. The Labute approximate surface area is 131 Å². The highest BCUT2D eigenvalue weighted by Crippen LogP contribution is 2.43. The second-order valence-corrected chi connectivity index (χ2v) is 5.66. The number of nitriles is 1.